The Morgan fingerprint density at radius 1 is 1.05 bits per heavy atom. The van der Waals surface area contributed by atoms with Crippen LogP contribution in [0.15, 0.2) is 42.5 Å². The molecule has 0 aliphatic rings. The van der Waals surface area contributed by atoms with Crippen molar-refractivity contribution in [1.29, 1.82) is 0 Å². The highest BCUT2D eigenvalue weighted by Crippen LogP contribution is 2.37. The molecule has 0 aliphatic carbocycles. The first-order chi connectivity index (χ1) is 9.45. The lowest BCUT2D eigenvalue weighted by Crippen LogP contribution is -2.05. The summed E-state index contributed by atoms with van der Waals surface area (Å²) >= 11 is 0. The highest BCUT2D eigenvalue weighted by molar-refractivity contribution is 5.78. The summed E-state index contributed by atoms with van der Waals surface area (Å²) in [4.78, 5) is 10.6. The van der Waals surface area contributed by atoms with Crippen molar-refractivity contribution < 1.29 is 22.7 Å². The minimum atomic E-state index is -4.41. The first-order valence-electron chi connectivity index (χ1n) is 5.76. The smallest absolute Gasteiger partial charge is 0.416 e. The third-order valence-corrected chi connectivity index (χ3v) is 2.88. The van der Waals surface area contributed by atoms with Gasteiger partial charge in [0, 0.05) is 11.1 Å². The molecule has 2 aromatic rings. The van der Waals surface area contributed by atoms with E-state index in [1.807, 2.05) is 0 Å². The van der Waals surface area contributed by atoms with Crippen LogP contribution in [0, 0.1) is 0 Å². The normalized spacial score (nSPS) is 11.2. The van der Waals surface area contributed by atoms with Crippen LogP contribution in [0.2, 0.25) is 0 Å². The summed E-state index contributed by atoms with van der Waals surface area (Å²) in [7, 11) is 1.39. The summed E-state index contributed by atoms with van der Waals surface area (Å²) in [5, 5.41) is 0. The number of aldehydes is 1. The summed E-state index contributed by atoms with van der Waals surface area (Å²) in [5.41, 5.74) is 0.603. The van der Waals surface area contributed by atoms with E-state index >= 15 is 0 Å². The molecule has 0 radical (unpaired) electrons. The minimum Gasteiger partial charge on any atom is -0.496 e. The van der Waals surface area contributed by atoms with Crippen LogP contribution in [0.5, 0.6) is 5.75 Å². The molecule has 0 atom stereocenters. The summed E-state index contributed by atoms with van der Waals surface area (Å²) in [6.45, 7) is 0. The van der Waals surface area contributed by atoms with E-state index in [1.54, 1.807) is 24.3 Å². The Hall–Kier alpha value is -2.30. The molecule has 5 heteroatoms. The maximum absolute atomic E-state index is 12.8. The van der Waals surface area contributed by atoms with E-state index in [0.29, 0.717) is 28.7 Å². The molecular formula is C15H11F3O2. The second-order valence-corrected chi connectivity index (χ2v) is 4.15. The van der Waals surface area contributed by atoms with Crippen LogP contribution >= 0.6 is 0 Å². The molecule has 0 unspecified atom stereocenters. The lowest BCUT2D eigenvalue weighted by atomic mass is 10.0. The molecule has 0 spiro atoms. The van der Waals surface area contributed by atoms with Crippen molar-refractivity contribution in [2.45, 2.75) is 6.18 Å². The van der Waals surface area contributed by atoms with Crippen molar-refractivity contribution in [1.82, 2.24) is 0 Å². The van der Waals surface area contributed by atoms with Crippen molar-refractivity contribution in [3.63, 3.8) is 0 Å². The monoisotopic (exact) mass is 280 g/mol. The Balaban J connectivity index is 2.54. The quantitative estimate of drug-likeness (QED) is 0.788. The fourth-order valence-corrected chi connectivity index (χ4v) is 1.85. The largest absolute Gasteiger partial charge is 0.496 e. The van der Waals surface area contributed by atoms with Crippen molar-refractivity contribution in [3.05, 3.63) is 53.6 Å². The first kappa shape index (κ1) is 14.1. The molecule has 0 N–H and O–H groups in total. The first-order valence-corrected chi connectivity index (χ1v) is 5.76. The molecule has 2 rings (SSSR count). The Morgan fingerprint density at radius 2 is 1.70 bits per heavy atom. The van der Waals surface area contributed by atoms with Crippen molar-refractivity contribution in [2.24, 2.45) is 0 Å². The second kappa shape index (κ2) is 5.36. The van der Waals surface area contributed by atoms with E-state index in [4.69, 9.17) is 4.74 Å². The number of hydrogen-bond donors (Lipinski definition) is 0. The molecule has 0 bridgehead atoms. The highest BCUT2D eigenvalue weighted by atomic mass is 19.4. The van der Waals surface area contributed by atoms with Gasteiger partial charge in [-0.05, 0) is 23.8 Å². The Kier molecular flexibility index (Phi) is 3.79. The molecule has 0 aliphatic heterocycles. The number of benzene rings is 2. The Bertz CT molecular complexity index is 616. The number of ether oxygens (including phenoxy) is 1. The zero-order chi connectivity index (χ0) is 14.8. The Labute approximate surface area is 113 Å². The molecular weight excluding hydrogens is 269 g/mol. The van der Waals surface area contributed by atoms with E-state index < -0.39 is 11.7 Å². The van der Waals surface area contributed by atoms with Gasteiger partial charge in [-0.3, -0.25) is 4.79 Å². The zero-order valence-electron chi connectivity index (χ0n) is 10.6. The third-order valence-electron chi connectivity index (χ3n) is 2.88. The van der Waals surface area contributed by atoms with Crippen molar-refractivity contribution >= 4 is 6.29 Å². The molecule has 2 nitrogen and oxygen atoms in total. The van der Waals surface area contributed by atoms with E-state index in [0.717, 1.165) is 12.1 Å². The van der Waals surface area contributed by atoms with E-state index in [1.165, 1.54) is 13.2 Å². The van der Waals surface area contributed by atoms with E-state index in [-0.39, 0.29) is 0 Å². The van der Waals surface area contributed by atoms with Gasteiger partial charge in [0.05, 0.1) is 12.7 Å². The fraction of sp³-hybridized carbons (Fsp3) is 0.133. The molecule has 2 aromatic carbocycles. The number of carbonyl (C=O) groups excluding carboxylic acids is 1. The van der Waals surface area contributed by atoms with Crippen molar-refractivity contribution in [3.8, 4) is 16.9 Å². The Morgan fingerprint density at radius 3 is 2.20 bits per heavy atom. The van der Waals surface area contributed by atoms with Crippen LogP contribution in [0.25, 0.3) is 11.1 Å². The molecule has 104 valence electrons. The number of alkyl halides is 3. The predicted octanol–water partition coefficient (Wildman–Crippen LogP) is 4.19. The van der Waals surface area contributed by atoms with Gasteiger partial charge in [0.15, 0.2) is 0 Å². The van der Waals surface area contributed by atoms with Crippen LogP contribution in [0.3, 0.4) is 0 Å². The van der Waals surface area contributed by atoms with Gasteiger partial charge in [0.2, 0.25) is 0 Å². The van der Waals surface area contributed by atoms with Crippen LogP contribution in [-0.4, -0.2) is 13.4 Å². The number of methoxy groups -OCH3 is 1. The number of halogens is 3. The summed E-state index contributed by atoms with van der Waals surface area (Å²) < 4.78 is 43.3. The van der Waals surface area contributed by atoms with Gasteiger partial charge in [0.1, 0.15) is 12.0 Å². The maximum atomic E-state index is 12.8. The molecule has 0 fully saturated rings. The van der Waals surface area contributed by atoms with Crippen LogP contribution in [0.1, 0.15) is 15.9 Å². The summed E-state index contributed by atoms with van der Waals surface area (Å²) in [6, 6.07) is 9.55. The van der Waals surface area contributed by atoms with Gasteiger partial charge in [-0.1, -0.05) is 24.3 Å². The summed E-state index contributed by atoms with van der Waals surface area (Å²) in [6.07, 6.45) is -3.74. The van der Waals surface area contributed by atoms with Gasteiger partial charge in [-0.15, -0.1) is 0 Å². The summed E-state index contributed by atoms with van der Waals surface area (Å²) in [5.74, 6) is 0.344. The van der Waals surface area contributed by atoms with E-state index in [9.17, 15) is 18.0 Å². The van der Waals surface area contributed by atoms with Crippen LogP contribution < -0.4 is 4.74 Å². The molecule has 0 heterocycles. The second-order valence-electron chi connectivity index (χ2n) is 4.15. The number of hydrogen-bond acceptors (Lipinski definition) is 2. The van der Waals surface area contributed by atoms with Crippen molar-refractivity contribution in [2.75, 3.05) is 7.11 Å². The molecule has 0 amide bonds. The van der Waals surface area contributed by atoms with Gasteiger partial charge < -0.3 is 4.74 Å². The van der Waals surface area contributed by atoms with Crippen LogP contribution in [-0.2, 0) is 6.18 Å². The SMILES string of the molecule is COc1ccc(C(F)(F)F)cc1-c1ccc(C=O)cc1. The average Bonchev–Trinajstić information content (AvgIpc) is 2.45. The fourth-order valence-electron chi connectivity index (χ4n) is 1.85. The molecule has 0 aromatic heterocycles. The predicted molar refractivity (Wildman–Crippen MR) is 68.8 cm³/mol. The lowest BCUT2D eigenvalue weighted by molar-refractivity contribution is -0.137. The van der Waals surface area contributed by atoms with Gasteiger partial charge in [-0.2, -0.15) is 13.2 Å². The maximum Gasteiger partial charge on any atom is 0.416 e. The highest BCUT2D eigenvalue weighted by Gasteiger charge is 2.31. The van der Waals surface area contributed by atoms with Gasteiger partial charge >= 0.3 is 6.18 Å². The molecule has 0 saturated heterocycles. The minimum absolute atomic E-state index is 0.333. The molecule has 0 saturated carbocycles. The average molecular weight is 280 g/mol. The lowest BCUT2D eigenvalue weighted by Gasteiger charge is -2.13. The standard InChI is InChI=1S/C15H11F3O2/c1-20-14-7-6-12(15(16,17)18)8-13(14)11-4-2-10(9-19)3-5-11/h2-9H,1H3. The molecule has 20 heavy (non-hydrogen) atoms. The van der Waals surface area contributed by atoms with E-state index in [2.05, 4.69) is 0 Å². The number of carbonyl (C=O) groups is 1. The number of rotatable bonds is 3. The van der Waals surface area contributed by atoms with Gasteiger partial charge in [0.25, 0.3) is 0 Å². The van der Waals surface area contributed by atoms with Gasteiger partial charge in [-0.25, -0.2) is 0 Å². The van der Waals surface area contributed by atoms with Crippen LogP contribution in [0.4, 0.5) is 13.2 Å². The topological polar surface area (TPSA) is 26.3 Å². The third kappa shape index (κ3) is 2.82. The zero-order valence-corrected chi connectivity index (χ0v) is 10.6.